The molecule has 110 valence electrons. The summed E-state index contributed by atoms with van der Waals surface area (Å²) >= 11 is 5.12. The lowest BCUT2D eigenvalue weighted by atomic mass is 10.0. The molecule has 1 fully saturated rings. The van der Waals surface area contributed by atoms with Crippen LogP contribution in [0.3, 0.4) is 0 Å². The summed E-state index contributed by atoms with van der Waals surface area (Å²) in [7, 11) is 0. The van der Waals surface area contributed by atoms with Crippen LogP contribution in [0.1, 0.15) is 27.7 Å². The Labute approximate surface area is 121 Å². The van der Waals surface area contributed by atoms with Gasteiger partial charge < -0.3 is 11.1 Å². The van der Waals surface area contributed by atoms with Gasteiger partial charge in [0.1, 0.15) is 0 Å². The molecule has 0 radical (unpaired) electrons. The van der Waals surface area contributed by atoms with Crippen molar-refractivity contribution in [2.45, 2.75) is 39.3 Å². The number of nitrogens with two attached hydrogens (primary N) is 1. The third-order valence-corrected chi connectivity index (χ3v) is 4.08. The van der Waals surface area contributed by atoms with Crippen LogP contribution in [0.5, 0.6) is 0 Å². The standard InChI is InChI=1S/C13H26N4OS/c1-10(2)15-11(18)9-16-5-7-17(8-6-16)13(3,4)12(14)19/h10H,5-9H2,1-4H3,(H2,14,19)(H,15,18). The van der Waals surface area contributed by atoms with Crippen LogP contribution in [0, 0.1) is 0 Å². The van der Waals surface area contributed by atoms with Gasteiger partial charge in [0.25, 0.3) is 0 Å². The molecule has 0 aromatic carbocycles. The summed E-state index contributed by atoms with van der Waals surface area (Å²) in [5, 5.41) is 2.91. The molecule has 1 saturated heterocycles. The lowest BCUT2D eigenvalue weighted by Gasteiger charge is -2.43. The second-order valence-electron chi connectivity index (χ2n) is 5.91. The Hall–Kier alpha value is -0.720. The summed E-state index contributed by atoms with van der Waals surface area (Å²) in [5.41, 5.74) is 5.53. The van der Waals surface area contributed by atoms with Gasteiger partial charge in [-0.3, -0.25) is 14.6 Å². The van der Waals surface area contributed by atoms with E-state index in [1.807, 2.05) is 13.8 Å². The van der Waals surface area contributed by atoms with Crippen molar-refractivity contribution in [1.82, 2.24) is 15.1 Å². The molecule has 1 heterocycles. The van der Waals surface area contributed by atoms with E-state index in [2.05, 4.69) is 29.0 Å². The van der Waals surface area contributed by atoms with Crippen LogP contribution in [0.15, 0.2) is 0 Å². The normalized spacial score (nSPS) is 18.6. The smallest absolute Gasteiger partial charge is 0.234 e. The summed E-state index contributed by atoms with van der Waals surface area (Å²) in [4.78, 5) is 16.7. The number of thiocarbonyl (C=S) groups is 1. The number of hydrogen-bond acceptors (Lipinski definition) is 4. The summed E-state index contributed by atoms with van der Waals surface area (Å²) in [6.07, 6.45) is 0. The summed E-state index contributed by atoms with van der Waals surface area (Å²) < 4.78 is 0. The van der Waals surface area contributed by atoms with Crippen LogP contribution in [0.4, 0.5) is 0 Å². The van der Waals surface area contributed by atoms with Gasteiger partial charge in [-0.2, -0.15) is 0 Å². The summed E-state index contributed by atoms with van der Waals surface area (Å²) in [5.74, 6) is 0.0945. The van der Waals surface area contributed by atoms with Gasteiger partial charge >= 0.3 is 0 Å². The zero-order valence-corrected chi connectivity index (χ0v) is 13.2. The van der Waals surface area contributed by atoms with Crippen molar-refractivity contribution in [2.24, 2.45) is 5.73 Å². The van der Waals surface area contributed by atoms with Gasteiger partial charge in [-0.05, 0) is 27.7 Å². The lowest BCUT2D eigenvalue weighted by molar-refractivity contribution is -0.123. The second-order valence-corrected chi connectivity index (χ2v) is 6.35. The van der Waals surface area contributed by atoms with E-state index in [1.54, 1.807) is 0 Å². The van der Waals surface area contributed by atoms with E-state index in [4.69, 9.17) is 18.0 Å². The number of piperazine rings is 1. The van der Waals surface area contributed by atoms with E-state index < -0.39 is 0 Å². The van der Waals surface area contributed by atoms with Crippen LogP contribution < -0.4 is 11.1 Å². The van der Waals surface area contributed by atoms with E-state index in [0.717, 1.165) is 26.2 Å². The van der Waals surface area contributed by atoms with Crippen LogP contribution >= 0.6 is 12.2 Å². The maximum Gasteiger partial charge on any atom is 0.234 e. The Morgan fingerprint density at radius 3 is 2.26 bits per heavy atom. The average Bonchev–Trinajstić information content (AvgIpc) is 2.28. The molecule has 0 aromatic rings. The average molecular weight is 286 g/mol. The minimum absolute atomic E-state index is 0.0945. The Morgan fingerprint density at radius 1 is 1.32 bits per heavy atom. The van der Waals surface area contributed by atoms with E-state index in [-0.39, 0.29) is 17.5 Å². The zero-order valence-electron chi connectivity index (χ0n) is 12.4. The first-order chi connectivity index (χ1) is 8.73. The van der Waals surface area contributed by atoms with Crippen LogP contribution in [-0.4, -0.2) is 65.0 Å². The molecule has 0 bridgehead atoms. The first-order valence-corrected chi connectivity index (χ1v) is 7.21. The molecular formula is C13H26N4OS. The number of amides is 1. The SMILES string of the molecule is CC(C)NC(=O)CN1CCN(C(C)(C)C(N)=S)CC1. The van der Waals surface area contributed by atoms with Gasteiger partial charge in [0.2, 0.25) is 5.91 Å². The zero-order chi connectivity index (χ0) is 14.6. The first kappa shape index (κ1) is 16.3. The van der Waals surface area contributed by atoms with Crippen molar-refractivity contribution in [1.29, 1.82) is 0 Å². The molecule has 5 nitrogen and oxygen atoms in total. The fourth-order valence-corrected chi connectivity index (χ4v) is 2.32. The predicted molar refractivity (Wildman–Crippen MR) is 82.2 cm³/mol. The quantitative estimate of drug-likeness (QED) is 0.707. The number of nitrogens with one attached hydrogen (secondary N) is 1. The molecule has 0 atom stereocenters. The van der Waals surface area contributed by atoms with E-state index >= 15 is 0 Å². The topological polar surface area (TPSA) is 61.6 Å². The largest absolute Gasteiger partial charge is 0.392 e. The monoisotopic (exact) mass is 286 g/mol. The predicted octanol–water partition coefficient (Wildman–Crippen LogP) is 0.193. The molecule has 1 aliphatic heterocycles. The van der Waals surface area contributed by atoms with Gasteiger partial charge in [0, 0.05) is 32.2 Å². The van der Waals surface area contributed by atoms with Crippen molar-refractivity contribution in [3.05, 3.63) is 0 Å². The molecule has 0 unspecified atom stereocenters. The molecule has 0 aromatic heterocycles. The van der Waals surface area contributed by atoms with E-state index in [1.165, 1.54) is 0 Å². The van der Waals surface area contributed by atoms with Gasteiger partial charge in [-0.1, -0.05) is 12.2 Å². The van der Waals surface area contributed by atoms with Gasteiger partial charge in [-0.15, -0.1) is 0 Å². The van der Waals surface area contributed by atoms with Crippen LogP contribution in [0.2, 0.25) is 0 Å². The van der Waals surface area contributed by atoms with E-state index in [9.17, 15) is 4.79 Å². The minimum Gasteiger partial charge on any atom is -0.392 e. The highest BCUT2D eigenvalue weighted by molar-refractivity contribution is 7.80. The van der Waals surface area contributed by atoms with Crippen LogP contribution in [-0.2, 0) is 4.79 Å². The molecular weight excluding hydrogens is 260 g/mol. The number of carbonyl (C=O) groups excluding carboxylic acids is 1. The van der Waals surface area contributed by atoms with E-state index in [0.29, 0.717) is 11.5 Å². The van der Waals surface area contributed by atoms with Crippen molar-refractivity contribution < 1.29 is 4.79 Å². The first-order valence-electron chi connectivity index (χ1n) is 6.80. The van der Waals surface area contributed by atoms with Crippen molar-refractivity contribution in [2.75, 3.05) is 32.7 Å². The number of nitrogens with zero attached hydrogens (tertiary/aromatic N) is 2. The number of hydrogen-bond donors (Lipinski definition) is 2. The molecule has 0 saturated carbocycles. The fraction of sp³-hybridized carbons (Fsp3) is 0.846. The molecule has 0 spiro atoms. The Kier molecular flexibility index (Phi) is 5.70. The molecule has 1 aliphatic rings. The number of carbonyl (C=O) groups is 1. The third-order valence-electron chi connectivity index (χ3n) is 3.58. The Morgan fingerprint density at radius 2 is 1.84 bits per heavy atom. The Balaban J connectivity index is 2.41. The molecule has 1 amide bonds. The third kappa shape index (κ3) is 4.71. The van der Waals surface area contributed by atoms with Crippen LogP contribution in [0.25, 0.3) is 0 Å². The number of rotatable bonds is 5. The lowest BCUT2D eigenvalue weighted by Crippen LogP contribution is -2.59. The highest BCUT2D eigenvalue weighted by Crippen LogP contribution is 2.17. The van der Waals surface area contributed by atoms with Crippen molar-refractivity contribution >= 4 is 23.1 Å². The highest BCUT2D eigenvalue weighted by atomic mass is 32.1. The maximum atomic E-state index is 11.7. The molecule has 19 heavy (non-hydrogen) atoms. The fourth-order valence-electron chi connectivity index (χ4n) is 2.19. The van der Waals surface area contributed by atoms with Gasteiger partial charge in [-0.25, -0.2) is 0 Å². The molecule has 1 rings (SSSR count). The van der Waals surface area contributed by atoms with Crippen molar-refractivity contribution in [3.63, 3.8) is 0 Å². The second kappa shape index (κ2) is 6.63. The van der Waals surface area contributed by atoms with Gasteiger partial charge in [0.15, 0.2) is 0 Å². The molecule has 0 aliphatic carbocycles. The maximum absolute atomic E-state index is 11.7. The summed E-state index contributed by atoms with van der Waals surface area (Å²) in [6.45, 7) is 12.0. The highest BCUT2D eigenvalue weighted by Gasteiger charge is 2.32. The van der Waals surface area contributed by atoms with Crippen molar-refractivity contribution in [3.8, 4) is 0 Å². The molecule has 6 heteroatoms. The van der Waals surface area contributed by atoms with Gasteiger partial charge in [0.05, 0.1) is 17.1 Å². The minimum atomic E-state index is -0.248. The summed E-state index contributed by atoms with van der Waals surface area (Å²) in [6, 6.07) is 0.197. The Bertz CT molecular complexity index is 336. The molecule has 3 N–H and O–H groups in total.